The summed E-state index contributed by atoms with van der Waals surface area (Å²) in [5.41, 5.74) is 8.43. The van der Waals surface area contributed by atoms with Crippen molar-refractivity contribution in [2.75, 3.05) is 25.4 Å². The normalized spacial score (nSPS) is 14.3. The molecule has 1 amide bonds. The maximum atomic E-state index is 12.6. The van der Waals surface area contributed by atoms with Crippen molar-refractivity contribution in [1.29, 1.82) is 0 Å². The Labute approximate surface area is 124 Å². The zero-order valence-electron chi connectivity index (χ0n) is 11.8. The first-order valence-corrected chi connectivity index (χ1v) is 7.10. The second-order valence-corrected chi connectivity index (χ2v) is 5.09. The summed E-state index contributed by atoms with van der Waals surface area (Å²) < 4.78 is 5.64. The summed E-state index contributed by atoms with van der Waals surface area (Å²) in [5, 5.41) is 0. The Hall–Kier alpha value is -2.49. The average Bonchev–Trinajstić information content (AvgIpc) is 2.67. The molecule has 0 aromatic heterocycles. The maximum Gasteiger partial charge on any atom is 0.257 e. The summed E-state index contributed by atoms with van der Waals surface area (Å²) in [5.74, 6) is 0.696. The number of amides is 1. The lowest BCUT2D eigenvalue weighted by Crippen LogP contribution is -2.34. The first kappa shape index (κ1) is 13.5. The molecule has 0 unspecified atom stereocenters. The number of benzene rings is 2. The van der Waals surface area contributed by atoms with E-state index in [1.807, 2.05) is 53.4 Å². The molecule has 1 heterocycles. The number of rotatable bonds is 3. The number of hydrogen-bond donors (Lipinski definition) is 1. The highest BCUT2D eigenvalue weighted by atomic mass is 16.5. The summed E-state index contributed by atoms with van der Waals surface area (Å²) >= 11 is 0. The monoisotopic (exact) mass is 282 g/mol. The quantitative estimate of drug-likeness (QED) is 0.879. The summed E-state index contributed by atoms with van der Waals surface area (Å²) in [7, 11) is 0. The third kappa shape index (κ3) is 2.84. The van der Waals surface area contributed by atoms with Crippen molar-refractivity contribution in [2.24, 2.45) is 0 Å². The molecule has 1 aliphatic heterocycles. The zero-order chi connectivity index (χ0) is 14.7. The second-order valence-electron chi connectivity index (χ2n) is 5.09. The molecule has 0 radical (unpaired) electrons. The van der Waals surface area contributed by atoms with Gasteiger partial charge in [0, 0.05) is 12.2 Å². The summed E-state index contributed by atoms with van der Waals surface area (Å²) in [4.78, 5) is 14.4. The van der Waals surface area contributed by atoms with Crippen LogP contribution in [-0.4, -0.2) is 30.5 Å². The minimum Gasteiger partial charge on any atom is -0.491 e. The van der Waals surface area contributed by atoms with Crippen LogP contribution in [0, 0.1) is 0 Å². The minimum absolute atomic E-state index is 0.0256. The molecule has 21 heavy (non-hydrogen) atoms. The molecule has 3 rings (SSSR count). The number of carbonyl (C=O) groups is 1. The van der Waals surface area contributed by atoms with Gasteiger partial charge in [-0.1, -0.05) is 30.3 Å². The van der Waals surface area contributed by atoms with Crippen molar-refractivity contribution >= 4 is 11.6 Å². The van der Waals surface area contributed by atoms with E-state index in [0.717, 1.165) is 17.7 Å². The van der Waals surface area contributed by atoms with Crippen LogP contribution in [0.2, 0.25) is 0 Å². The molecule has 2 N–H and O–H groups in total. The van der Waals surface area contributed by atoms with Crippen LogP contribution in [0.5, 0.6) is 5.75 Å². The Bertz CT molecular complexity index is 655. The van der Waals surface area contributed by atoms with E-state index >= 15 is 0 Å². The van der Waals surface area contributed by atoms with Gasteiger partial charge >= 0.3 is 0 Å². The minimum atomic E-state index is 0.0256. The smallest absolute Gasteiger partial charge is 0.257 e. The van der Waals surface area contributed by atoms with E-state index in [0.29, 0.717) is 31.0 Å². The number of fused-ring (bicyclic) bond motifs is 1. The molecule has 2 aromatic carbocycles. The van der Waals surface area contributed by atoms with Crippen LogP contribution in [0.1, 0.15) is 15.9 Å². The van der Waals surface area contributed by atoms with Crippen molar-refractivity contribution in [1.82, 2.24) is 4.90 Å². The van der Waals surface area contributed by atoms with Crippen molar-refractivity contribution in [3.8, 4) is 5.75 Å². The molecule has 0 saturated carbocycles. The van der Waals surface area contributed by atoms with Crippen molar-refractivity contribution in [2.45, 2.75) is 6.42 Å². The molecule has 0 fully saturated rings. The van der Waals surface area contributed by atoms with Gasteiger partial charge < -0.3 is 15.4 Å². The molecule has 0 spiro atoms. The number of anilines is 1. The number of ether oxygens (including phenoxy) is 1. The summed E-state index contributed by atoms with van der Waals surface area (Å²) in [6.45, 7) is 1.76. The molecule has 4 nitrogen and oxygen atoms in total. The molecule has 0 aliphatic carbocycles. The van der Waals surface area contributed by atoms with Gasteiger partial charge in [0.25, 0.3) is 5.91 Å². The van der Waals surface area contributed by atoms with E-state index in [9.17, 15) is 4.79 Å². The number of nitrogen functional groups attached to an aromatic ring is 1. The van der Waals surface area contributed by atoms with Gasteiger partial charge in [0.15, 0.2) is 0 Å². The molecule has 1 aliphatic rings. The van der Waals surface area contributed by atoms with Crippen LogP contribution >= 0.6 is 0 Å². The van der Waals surface area contributed by atoms with Gasteiger partial charge in [-0.05, 0) is 30.2 Å². The fraction of sp³-hybridized carbons (Fsp3) is 0.235. The molecule has 4 heteroatoms. The Morgan fingerprint density at radius 1 is 1.10 bits per heavy atom. The number of hydrogen-bond acceptors (Lipinski definition) is 3. The molecule has 0 bridgehead atoms. The number of para-hydroxylation sites is 2. The molecular weight excluding hydrogens is 264 g/mol. The Kier molecular flexibility index (Phi) is 3.77. The average molecular weight is 282 g/mol. The van der Waals surface area contributed by atoms with Gasteiger partial charge in [-0.25, -0.2) is 0 Å². The topological polar surface area (TPSA) is 55.6 Å². The van der Waals surface area contributed by atoms with E-state index in [-0.39, 0.29) is 5.91 Å². The predicted octanol–water partition coefficient (Wildman–Crippen LogP) is 2.35. The van der Waals surface area contributed by atoms with Crippen LogP contribution in [0.15, 0.2) is 48.5 Å². The maximum absolute atomic E-state index is 12.6. The van der Waals surface area contributed by atoms with Gasteiger partial charge in [0.1, 0.15) is 12.4 Å². The lowest BCUT2D eigenvalue weighted by atomic mass is 10.1. The zero-order valence-corrected chi connectivity index (χ0v) is 11.8. The number of carbonyl (C=O) groups excluding carboxylic acids is 1. The van der Waals surface area contributed by atoms with E-state index in [4.69, 9.17) is 10.5 Å². The van der Waals surface area contributed by atoms with Crippen molar-refractivity contribution < 1.29 is 9.53 Å². The van der Waals surface area contributed by atoms with Crippen LogP contribution in [0.4, 0.5) is 5.69 Å². The lowest BCUT2D eigenvalue weighted by molar-refractivity contribution is 0.0757. The molecular formula is C17H18N2O2. The van der Waals surface area contributed by atoms with Crippen molar-refractivity contribution in [3.63, 3.8) is 0 Å². The third-order valence-corrected chi connectivity index (χ3v) is 3.73. The standard InChI is InChI=1S/C17H18N2O2/c18-15-7-3-1-5-13(15)9-10-19-11-12-21-16-8-4-2-6-14(16)17(19)20/h1-8H,9-12,18H2. The number of nitrogens with two attached hydrogens (primary N) is 1. The first-order chi connectivity index (χ1) is 10.3. The summed E-state index contributed by atoms with van der Waals surface area (Å²) in [6, 6.07) is 15.2. The fourth-order valence-electron chi connectivity index (χ4n) is 2.54. The molecule has 0 saturated heterocycles. The second kappa shape index (κ2) is 5.87. The lowest BCUT2D eigenvalue weighted by Gasteiger charge is -2.20. The Balaban J connectivity index is 1.75. The SMILES string of the molecule is Nc1ccccc1CCN1CCOc2ccccc2C1=O. The van der Waals surface area contributed by atoms with Gasteiger partial charge in [-0.3, -0.25) is 4.79 Å². The van der Waals surface area contributed by atoms with Gasteiger partial charge in [-0.2, -0.15) is 0 Å². The highest BCUT2D eigenvalue weighted by Crippen LogP contribution is 2.23. The highest BCUT2D eigenvalue weighted by Gasteiger charge is 2.22. The van der Waals surface area contributed by atoms with E-state index < -0.39 is 0 Å². The van der Waals surface area contributed by atoms with Crippen molar-refractivity contribution in [3.05, 3.63) is 59.7 Å². The Morgan fingerprint density at radius 3 is 2.71 bits per heavy atom. The van der Waals surface area contributed by atoms with E-state index in [1.54, 1.807) is 0 Å². The largest absolute Gasteiger partial charge is 0.491 e. The Morgan fingerprint density at radius 2 is 1.86 bits per heavy atom. The van der Waals surface area contributed by atoms with E-state index in [2.05, 4.69) is 0 Å². The summed E-state index contributed by atoms with van der Waals surface area (Å²) in [6.07, 6.45) is 0.751. The first-order valence-electron chi connectivity index (χ1n) is 7.10. The van der Waals surface area contributed by atoms with Crippen LogP contribution in [0.3, 0.4) is 0 Å². The van der Waals surface area contributed by atoms with Gasteiger partial charge in [0.05, 0.1) is 12.1 Å². The predicted molar refractivity (Wildman–Crippen MR) is 82.4 cm³/mol. The van der Waals surface area contributed by atoms with Crippen LogP contribution < -0.4 is 10.5 Å². The van der Waals surface area contributed by atoms with Crippen LogP contribution in [-0.2, 0) is 6.42 Å². The molecule has 108 valence electrons. The third-order valence-electron chi connectivity index (χ3n) is 3.73. The van der Waals surface area contributed by atoms with E-state index in [1.165, 1.54) is 0 Å². The van der Waals surface area contributed by atoms with Gasteiger partial charge in [0.2, 0.25) is 0 Å². The molecule has 2 aromatic rings. The van der Waals surface area contributed by atoms with Crippen LogP contribution in [0.25, 0.3) is 0 Å². The highest BCUT2D eigenvalue weighted by molar-refractivity contribution is 5.97. The number of nitrogens with zero attached hydrogens (tertiary/aromatic N) is 1. The molecule has 0 atom stereocenters. The fourth-order valence-corrected chi connectivity index (χ4v) is 2.54. The van der Waals surface area contributed by atoms with Gasteiger partial charge in [-0.15, -0.1) is 0 Å².